The number of ether oxygens (including phenoxy) is 1. The van der Waals surface area contributed by atoms with E-state index in [1.165, 1.54) is 4.88 Å². The Bertz CT molecular complexity index is 527. The molecule has 1 aliphatic heterocycles. The highest BCUT2D eigenvalue weighted by Crippen LogP contribution is 2.32. The largest absolute Gasteiger partial charge is 0.394 e. The van der Waals surface area contributed by atoms with Gasteiger partial charge in [0.1, 0.15) is 18.3 Å². The molecule has 5 N–H and O–H groups in total. The predicted molar refractivity (Wildman–Crippen MR) is 87.6 cm³/mol. The monoisotopic (exact) mass is 343 g/mol. The number of hydrogen-bond donors (Lipinski definition) is 5. The maximum Gasteiger partial charge on any atom is 0.185 e. The quantitative estimate of drug-likeness (QED) is 0.489. The van der Waals surface area contributed by atoms with Crippen LogP contribution in [0.2, 0.25) is 0 Å². The summed E-state index contributed by atoms with van der Waals surface area (Å²) in [7, 11) is 0. The Morgan fingerprint density at radius 1 is 1.35 bits per heavy atom. The summed E-state index contributed by atoms with van der Waals surface area (Å²) in [5.41, 5.74) is 1.11. The third kappa shape index (κ3) is 3.67. The van der Waals surface area contributed by atoms with Crippen molar-refractivity contribution in [3.8, 4) is 0 Å². The molecular weight excluding hydrogens is 318 g/mol. The van der Waals surface area contributed by atoms with Crippen LogP contribution in [-0.2, 0) is 17.6 Å². The minimum Gasteiger partial charge on any atom is -0.394 e. The highest BCUT2D eigenvalue weighted by Gasteiger charge is 2.42. The molecule has 0 spiro atoms. The standard InChI is InChI=1S/C15H25N3O4S/c1-2-5-16-8-3-4-9-11(6-8)23-15(17-9)18-14-13(21)12(20)10(7-19)22-14/h8,10,12-14,16,19-21H,2-7H2,1H3,(H,17,18)/t8-,10+,12+,13+,14?/m0/s1. The third-order valence-corrected chi connectivity index (χ3v) is 5.48. The third-order valence-electron chi connectivity index (χ3n) is 4.43. The molecule has 1 unspecified atom stereocenters. The van der Waals surface area contributed by atoms with Gasteiger partial charge in [0, 0.05) is 10.9 Å². The number of anilines is 1. The molecule has 3 rings (SSSR count). The normalized spacial score (nSPS) is 33.7. The van der Waals surface area contributed by atoms with Gasteiger partial charge in [-0.15, -0.1) is 11.3 Å². The maximum absolute atomic E-state index is 9.98. The number of nitrogens with one attached hydrogen (secondary N) is 2. The summed E-state index contributed by atoms with van der Waals surface area (Å²) in [5.74, 6) is 0. The lowest BCUT2D eigenvalue weighted by molar-refractivity contribution is -0.0153. The molecule has 23 heavy (non-hydrogen) atoms. The summed E-state index contributed by atoms with van der Waals surface area (Å²) >= 11 is 1.57. The minimum absolute atomic E-state index is 0.324. The lowest BCUT2D eigenvalue weighted by Crippen LogP contribution is -2.36. The van der Waals surface area contributed by atoms with Gasteiger partial charge in [0.25, 0.3) is 0 Å². The van der Waals surface area contributed by atoms with E-state index in [0.29, 0.717) is 11.2 Å². The highest BCUT2D eigenvalue weighted by atomic mass is 32.1. The Hall–Kier alpha value is -0.770. The molecule has 1 aliphatic carbocycles. The Balaban J connectivity index is 1.62. The number of aliphatic hydroxyl groups excluding tert-OH is 3. The highest BCUT2D eigenvalue weighted by molar-refractivity contribution is 7.15. The van der Waals surface area contributed by atoms with E-state index in [1.807, 2.05) is 0 Å². The first-order valence-corrected chi connectivity index (χ1v) is 9.05. The van der Waals surface area contributed by atoms with E-state index in [1.54, 1.807) is 11.3 Å². The Labute approximate surface area is 139 Å². The summed E-state index contributed by atoms with van der Waals surface area (Å²) in [6, 6.07) is 0.504. The van der Waals surface area contributed by atoms with Crippen LogP contribution in [0.25, 0.3) is 0 Å². The summed E-state index contributed by atoms with van der Waals surface area (Å²) < 4.78 is 5.44. The lowest BCUT2D eigenvalue weighted by atomic mass is 9.98. The van der Waals surface area contributed by atoms with E-state index in [-0.39, 0.29) is 6.61 Å². The van der Waals surface area contributed by atoms with Crippen LogP contribution in [0.5, 0.6) is 0 Å². The van der Waals surface area contributed by atoms with Crippen LogP contribution in [0.15, 0.2) is 0 Å². The van der Waals surface area contributed by atoms with E-state index in [2.05, 4.69) is 22.5 Å². The molecule has 1 fully saturated rings. The average Bonchev–Trinajstić information content (AvgIpc) is 3.07. The zero-order chi connectivity index (χ0) is 16.4. The summed E-state index contributed by atoms with van der Waals surface area (Å²) in [5, 5.41) is 36.2. The van der Waals surface area contributed by atoms with Gasteiger partial charge in [0.2, 0.25) is 0 Å². The molecule has 5 atom stereocenters. The van der Waals surface area contributed by atoms with Crippen molar-refractivity contribution in [1.29, 1.82) is 0 Å². The molecule has 0 amide bonds. The van der Waals surface area contributed by atoms with Crippen molar-refractivity contribution < 1.29 is 20.1 Å². The molecule has 1 saturated heterocycles. The Morgan fingerprint density at radius 3 is 2.87 bits per heavy atom. The van der Waals surface area contributed by atoms with Crippen molar-refractivity contribution >= 4 is 16.5 Å². The van der Waals surface area contributed by atoms with Crippen LogP contribution >= 0.6 is 11.3 Å². The van der Waals surface area contributed by atoms with E-state index in [0.717, 1.165) is 37.9 Å². The molecule has 1 aromatic rings. The predicted octanol–water partition coefficient (Wildman–Crippen LogP) is -0.149. The molecule has 0 radical (unpaired) electrons. The maximum atomic E-state index is 9.98. The fourth-order valence-electron chi connectivity index (χ4n) is 3.10. The van der Waals surface area contributed by atoms with Crippen molar-refractivity contribution in [2.75, 3.05) is 18.5 Å². The van der Waals surface area contributed by atoms with Crippen LogP contribution in [0.4, 0.5) is 5.13 Å². The number of fused-ring (bicyclic) bond motifs is 1. The summed E-state index contributed by atoms with van der Waals surface area (Å²) in [6.07, 6.45) is 0.467. The first-order valence-electron chi connectivity index (χ1n) is 8.23. The first kappa shape index (κ1) is 17.1. The summed E-state index contributed by atoms with van der Waals surface area (Å²) in [6.45, 7) is 2.87. The number of aromatic nitrogens is 1. The smallest absolute Gasteiger partial charge is 0.185 e. The second-order valence-electron chi connectivity index (χ2n) is 6.19. The van der Waals surface area contributed by atoms with Gasteiger partial charge in [-0.2, -0.15) is 0 Å². The molecule has 8 heteroatoms. The van der Waals surface area contributed by atoms with E-state index in [9.17, 15) is 10.2 Å². The van der Waals surface area contributed by atoms with Crippen molar-refractivity contribution in [3.63, 3.8) is 0 Å². The Kier molecular flexibility index (Phi) is 5.50. The number of hydrogen-bond acceptors (Lipinski definition) is 8. The molecule has 1 aromatic heterocycles. The molecule has 2 heterocycles. The number of nitrogens with zero attached hydrogens (tertiary/aromatic N) is 1. The number of aliphatic hydroxyl groups is 3. The van der Waals surface area contributed by atoms with Gasteiger partial charge in [-0.1, -0.05) is 6.92 Å². The topological polar surface area (TPSA) is 107 Å². The zero-order valence-corrected chi connectivity index (χ0v) is 14.1. The van der Waals surface area contributed by atoms with E-state index in [4.69, 9.17) is 9.84 Å². The molecule has 130 valence electrons. The van der Waals surface area contributed by atoms with Crippen LogP contribution in [-0.4, -0.2) is 64.0 Å². The SMILES string of the molecule is CCCN[C@H]1CCc2nc(NC3O[C@H](CO)[C@@H](O)[C@H]3O)sc2C1. The van der Waals surface area contributed by atoms with Crippen LogP contribution < -0.4 is 10.6 Å². The van der Waals surface area contributed by atoms with Crippen LogP contribution in [0.1, 0.15) is 30.3 Å². The van der Waals surface area contributed by atoms with E-state index >= 15 is 0 Å². The van der Waals surface area contributed by atoms with E-state index < -0.39 is 24.5 Å². The molecule has 0 bridgehead atoms. The van der Waals surface area contributed by atoms with Crippen LogP contribution in [0.3, 0.4) is 0 Å². The van der Waals surface area contributed by atoms with Crippen molar-refractivity contribution in [2.45, 2.75) is 63.2 Å². The number of aryl methyl sites for hydroxylation is 1. The fourth-order valence-corrected chi connectivity index (χ4v) is 4.21. The molecule has 0 aromatic carbocycles. The second kappa shape index (κ2) is 7.42. The van der Waals surface area contributed by atoms with Gasteiger partial charge in [-0.3, -0.25) is 0 Å². The molecule has 7 nitrogen and oxygen atoms in total. The van der Waals surface area contributed by atoms with Gasteiger partial charge in [0.15, 0.2) is 11.4 Å². The van der Waals surface area contributed by atoms with Crippen molar-refractivity contribution in [3.05, 3.63) is 10.6 Å². The summed E-state index contributed by atoms with van der Waals surface area (Å²) in [4.78, 5) is 5.85. The molecule has 2 aliphatic rings. The lowest BCUT2D eigenvalue weighted by Gasteiger charge is -2.21. The van der Waals surface area contributed by atoms with Gasteiger partial charge in [0.05, 0.1) is 12.3 Å². The second-order valence-corrected chi connectivity index (χ2v) is 7.27. The first-order chi connectivity index (χ1) is 11.1. The van der Waals surface area contributed by atoms with Gasteiger partial charge in [-0.05, 0) is 32.2 Å². The average molecular weight is 343 g/mol. The minimum atomic E-state index is -1.09. The number of rotatable bonds is 6. The van der Waals surface area contributed by atoms with Gasteiger partial charge < -0.3 is 30.7 Å². The zero-order valence-electron chi connectivity index (χ0n) is 13.2. The number of thiazole rings is 1. The fraction of sp³-hybridized carbons (Fsp3) is 0.800. The Morgan fingerprint density at radius 2 is 2.17 bits per heavy atom. The van der Waals surface area contributed by atoms with Crippen molar-refractivity contribution in [1.82, 2.24) is 10.3 Å². The van der Waals surface area contributed by atoms with Crippen molar-refractivity contribution in [2.24, 2.45) is 0 Å². The molecular formula is C15H25N3O4S. The van der Waals surface area contributed by atoms with Crippen LogP contribution in [0, 0.1) is 0 Å². The molecule has 0 saturated carbocycles. The van der Waals surface area contributed by atoms with Gasteiger partial charge in [-0.25, -0.2) is 4.98 Å². The van der Waals surface area contributed by atoms with Gasteiger partial charge >= 0.3 is 0 Å².